The van der Waals surface area contributed by atoms with Crippen molar-refractivity contribution in [2.45, 2.75) is 19.0 Å². The molecular weight excluding hydrogens is 320 g/mol. The molecule has 0 aliphatic carbocycles. The van der Waals surface area contributed by atoms with Crippen molar-refractivity contribution < 1.29 is 19.5 Å². The topological polar surface area (TPSA) is 86.7 Å². The summed E-state index contributed by atoms with van der Waals surface area (Å²) in [4.78, 5) is 37.8. The number of hydrogen-bond acceptors (Lipinski definition) is 4. The van der Waals surface area contributed by atoms with E-state index in [0.29, 0.717) is 24.0 Å². The van der Waals surface area contributed by atoms with E-state index >= 15 is 0 Å². The Kier molecular flexibility index (Phi) is 4.27. The molecule has 3 rings (SSSR count). The third kappa shape index (κ3) is 3.10. The number of nitrogens with zero attached hydrogens (tertiary/aromatic N) is 1. The average Bonchev–Trinajstić information content (AvgIpc) is 2.90. The Balaban J connectivity index is 1.95. The van der Waals surface area contributed by atoms with Crippen molar-refractivity contribution in [1.29, 1.82) is 0 Å². The number of aldehydes is 1. The van der Waals surface area contributed by atoms with Crippen molar-refractivity contribution in [2.24, 2.45) is 0 Å². The molecule has 2 N–H and O–H groups in total. The van der Waals surface area contributed by atoms with Crippen LogP contribution < -0.4 is 5.32 Å². The van der Waals surface area contributed by atoms with Crippen LogP contribution in [-0.2, 0) is 21.7 Å². The molecule has 0 fully saturated rings. The first-order chi connectivity index (χ1) is 11.9. The molecule has 0 saturated carbocycles. The Morgan fingerprint density at radius 1 is 1.28 bits per heavy atom. The fourth-order valence-corrected chi connectivity index (χ4v) is 3.17. The first kappa shape index (κ1) is 16.7. The van der Waals surface area contributed by atoms with Crippen LogP contribution in [0.3, 0.4) is 0 Å². The summed E-state index contributed by atoms with van der Waals surface area (Å²) >= 11 is 0. The van der Waals surface area contributed by atoms with E-state index in [1.165, 1.54) is 24.0 Å². The summed E-state index contributed by atoms with van der Waals surface area (Å²) in [7, 11) is 0. The van der Waals surface area contributed by atoms with E-state index < -0.39 is 5.54 Å². The molecule has 2 amide bonds. The number of fused-ring (bicyclic) bond motifs is 1. The van der Waals surface area contributed by atoms with Crippen LogP contribution in [0.1, 0.15) is 28.4 Å². The fraction of sp³-hybridized carbons (Fsp3) is 0.211. The van der Waals surface area contributed by atoms with Gasteiger partial charge in [0.1, 0.15) is 11.3 Å². The molecule has 1 aliphatic heterocycles. The highest BCUT2D eigenvalue weighted by molar-refractivity contribution is 5.99. The summed E-state index contributed by atoms with van der Waals surface area (Å²) in [6.45, 7) is 1.66. The minimum absolute atomic E-state index is 0.00830. The lowest BCUT2D eigenvalue weighted by atomic mass is 9.90. The maximum absolute atomic E-state index is 12.6. The van der Waals surface area contributed by atoms with Crippen LogP contribution in [0.5, 0.6) is 5.75 Å². The normalized spacial score (nSPS) is 15.4. The van der Waals surface area contributed by atoms with E-state index in [9.17, 15) is 19.5 Å². The van der Waals surface area contributed by atoms with E-state index in [2.05, 4.69) is 5.32 Å². The molecule has 0 saturated heterocycles. The van der Waals surface area contributed by atoms with Gasteiger partial charge in [0.2, 0.25) is 5.91 Å². The van der Waals surface area contributed by atoms with Crippen molar-refractivity contribution in [3.8, 4) is 5.75 Å². The van der Waals surface area contributed by atoms with Crippen molar-refractivity contribution in [3.05, 3.63) is 65.2 Å². The average molecular weight is 338 g/mol. The first-order valence-corrected chi connectivity index (χ1v) is 7.87. The van der Waals surface area contributed by atoms with E-state index in [-0.39, 0.29) is 24.1 Å². The quantitative estimate of drug-likeness (QED) is 0.811. The van der Waals surface area contributed by atoms with Crippen LogP contribution in [0.2, 0.25) is 0 Å². The Hall–Kier alpha value is -3.15. The van der Waals surface area contributed by atoms with Crippen LogP contribution in [0.4, 0.5) is 0 Å². The SMILES string of the molecule is CC(=O)NC(C=O)(CN1Cc2ccc(O)cc2C1=O)c1ccccc1. The van der Waals surface area contributed by atoms with Crippen LogP contribution in [0, 0.1) is 0 Å². The lowest BCUT2D eigenvalue weighted by Crippen LogP contribution is -2.54. The molecule has 1 unspecified atom stereocenters. The molecule has 0 radical (unpaired) electrons. The number of nitrogens with one attached hydrogen (secondary N) is 1. The first-order valence-electron chi connectivity index (χ1n) is 7.87. The Morgan fingerprint density at radius 3 is 2.64 bits per heavy atom. The monoisotopic (exact) mass is 338 g/mol. The molecule has 6 heteroatoms. The van der Waals surface area contributed by atoms with Gasteiger partial charge in [-0.1, -0.05) is 36.4 Å². The number of hydrogen-bond donors (Lipinski definition) is 2. The molecule has 0 spiro atoms. The smallest absolute Gasteiger partial charge is 0.254 e. The number of phenolic OH excluding ortho intramolecular Hbond substituents is 1. The van der Waals surface area contributed by atoms with Gasteiger partial charge in [-0.15, -0.1) is 0 Å². The lowest BCUT2D eigenvalue weighted by Gasteiger charge is -2.33. The van der Waals surface area contributed by atoms with Gasteiger partial charge in [-0.05, 0) is 23.3 Å². The molecule has 1 heterocycles. The minimum Gasteiger partial charge on any atom is -0.508 e. The van der Waals surface area contributed by atoms with Crippen LogP contribution in [0.25, 0.3) is 0 Å². The largest absolute Gasteiger partial charge is 0.508 e. The number of amides is 2. The minimum atomic E-state index is -1.33. The predicted octanol–water partition coefficient (Wildman–Crippen LogP) is 1.58. The third-order valence-corrected chi connectivity index (χ3v) is 4.30. The van der Waals surface area contributed by atoms with Crippen LogP contribution in [-0.4, -0.2) is 34.7 Å². The highest BCUT2D eigenvalue weighted by Gasteiger charge is 2.39. The maximum atomic E-state index is 12.6. The van der Waals surface area contributed by atoms with Gasteiger partial charge in [-0.25, -0.2) is 0 Å². The summed E-state index contributed by atoms with van der Waals surface area (Å²) < 4.78 is 0. The van der Waals surface area contributed by atoms with Gasteiger partial charge in [0.25, 0.3) is 5.91 Å². The molecule has 1 aliphatic rings. The predicted molar refractivity (Wildman–Crippen MR) is 90.8 cm³/mol. The van der Waals surface area contributed by atoms with Gasteiger partial charge in [-0.2, -0.15) is 0 Å². The van der Waals surface area contributed by atoms with Crippen LogP contribution >= 0.6 is 0 Å². The summed E-state index contributed by atoms with van der Waals surface area (Å²) in [6, 6.07) is 13.5. The molecule has 6 nitrogen and oxygen atoms in total. The molecule has 25 heavy (non-hydrogen) atoms. The molecule has 2 aromatic rings. The Morgan fingerprint density at radius 2 is 2.00 bits per heavy atom. The fourth-order valence-electron chi connectivity index (χ4n) is 3.17. The number of carbonyl (C=O) groups excluding carboxylic acids is 3. The van der Waals surface area contributed by atoms with Gasteiger partial charge >= 0.3 is 0 Å². The molecular formula is C19H18N2O4. The van der Waals surface area contributed by atoms with Gasteiger partial charge in [0.05, 0.1) is 6.54 Å². The second-order valence-electron chi connectivity index (χ2n) is 6.14. The highest BCUT2D eigenvalue weighted by Crippen LogP contribution is 2.29. The lowest BCUT2D eigenvalue weighted by molar-refractivity contribution is -0.126. The van der Waals surface area contributed by atoms with Gasteiger partial charge in [-0.3, -0.25) is 9.59 Å². The molecule has 128 valence electrons. The number of benzene rings is 2. The van der Waals surface area contributed by atoms with Crippen molar-refractivity contribution in [2.75, 3.05) is 6.54 Å². The van der Waals surface area contributed by atoms with E-state index in [4.69, 9.17) is 0 Å². The second kappa shape index (κ2) is 6.39. The standard InChI is InChI=1S/C19H18N2O4/c1-13(23)20-19(12-22,15-5-3-2-4-6-15)11-21-10-14-7-8-16(24)9-17(14)18(21)25/h2-9,12,24H,10-11H2,1H3,(H,20,23). The third-order valence-electron chi connectivity index (χ3n) is 4.30. The number of phenols is 1. The Bertz CT molecular complexity index is 835. The van der Waals surface area contributed by atoms with Gasteiger partial charge in [0.15, 0.2) is 6.29 Å². The van der Waals surface area contributed by atoms with E-state index in [0.717, 1.165) is 5.56 Å². The summed E-state index contributed by atoms with van der Waals surface area (Å²) in [6.07, 6.45) is 0.664. The second-order valence-corrected chi connectivity index (χ2v) is 6.14. The highest BCUT2D eigenvalue weighted by atomic mass is 16.3. The number of aromatic hydroxyl groups is 1. The number of carbonyl (C=O) groups is 3. The van der Waals surface area contributed by atoms with E-state index in [1.54, 1.807) is 30.3 Å². The number of rotatable bonds is 5. The zero-order valence-electron chi connectivity index (χ0n) is 13.7. The summed E-state index contributed by atoms with van der Waals surface area (Å²) in [5, 5.41) is 12.3. The molecule has 0 bridgehead atoms. The molecule has 2 aromatic carbocycles. The molecule has 1 atom stereocenters. The summed E-state index contributed by atoms with van der Waals surface area (Å²) in [5.74, 6) is -0.628. The Labute approximate surface area is 145 Å². The van der Waals surface area contributed by atoms with Gasteiger partial charge < -0.3 is 20.1 Å². The van der Waals surface area contributed by atoms with Crippen molar-refractivity contribution in [1.82, 2.24) is 10.2 Å². The zero-order chi connectivity index (χ0) is 18.0. The van der Waals surface area contributed by atoms with Gasteiger partial charge in [0, 0.05) is 19.0 Å². The summed E-state index contributed by atoms with van der Waals surface area (Å²) in [5.41, 5.74) is 0.466. The molecule has 0 aromatic heterocycles. The zero-order valence-corrected chi connectivity index (χ0v) is 13.7. The van der Waals surface area contributed by atoms with Crippen LogP contribution in [0.15, 0.2) is 48.5 Å². The maximum Gasteiger partial charge on any atom is 0.254 e. The van der Waals surface area contributed by atoms with Crippen molar-refractivity contribution in [3.63, 3.8) is 0 Å². The van der Waals surface area contributed by atoms with Crippen molar-refractivity contribution >= 4 is 18.1 Å². The van der Waals surface area contributed by atoms with E-state index in [1.807, 2.05) is 6.07 Å².